The number of carbonyl (C=O) groups is 1. The van der Waals surface area contributed by atoms with Crippen LogP contribution in [0.4, 0.5) is 10.5 Å². The zero-order valence-corrected chi connectivity index (χ0v) is 23.2. The molecule has 1 heterocycles. The van der Waals surface area contributed by atoms with Crippen molar-refractivity contribution < 1.29 is 48.4 Å². The van der Waals surface area contributed by atoms with Crippen LogP contribution in [0, 0.1) is 5.92 Å². The maximum Gasteiger partial charge on any atom is 0.469 e. The Morgan fingerprint density at radius 2 is 1.90 bits per heavy atom. The number of hydrogen-bond acceptors (Lipinski definition) is 8. The van der Waals surface area contributed by atoms with Gasteiger partial charge in [-0.2, -0.15) is 4.31 Å². The first-order valence-electron chi connectivity index (χ1n) is 14.6. The third kappa shape index (κ3) is 9.87. The van der Waals surface area contributed by atoms with E-state index < -0.39 is 85.4 Å². The largest absolute Gasteiger partial charge is 0.469 e. The Labute approximate surface area is 235 Å². The van der Waals surface area contributed by atoms with Crippen LogP contribution < -0.4 is 11.1 Å². The van der Waals surface area contributed by atoms with E-state index in [0.717, 1.165) is 4.31 Å². The molecule has 1 aliphatic heterocycles. The normalized spacial score (nSPS) is 19.5. The summed E-state index contributed by atoms with van der Waals surface area (Å²) in [5.74, 6) is -0.283. The number of benzene rings is 2. The molecule has 12 nitrogen and oxygen atoms in total. The smallest absolute Gasteiger partial charge is 0.444 e. The van der Waals surface area contributed by atoms with Crippen molar-refractivity contribution in [2.45, 2.75) is 49.8 Å². The SMILES string of the molecule is [2H]c1c([2H])c([2H])c(C[C@H](NC(=O)O[C@H]2CCOC2)[C@@H](CN(CC(C)C)S(=O)(=O)c2ccc(N)cc2)OP(=O)(O)O)c([2H])c1[2H]. The lowest BCUT2D eigenvalue weighted by Crippen LogP contribution is -2.52. The molecule has 5 N–H and O–H groups in total. The highest BCUT2D eigenvalue weighted by Crippen LogP contribution is 2.39. The third-order valence-corrected chi connectivity index (χ3v) is 8.02. The fourth-order valence-corrected chi connectivity index (χ4v) is 6.08. The Hall–Kier alpha value is -2.51. The molecular weight excluding hydrogens is 549 g/mol. The number of nitrogens with two attached hydrogens (primary N) is 1. The summed E-state index contributed by atoms with van der Waals surface area (Å²) in [4.78, 5) is 32.5. The molecule has 39 heavy (non-hydrogen) atoms. The highest BCUT2D eigenvalue weighted by Gasteiger charge is 2.37. The summed E-state index contributed by atoms with van der Waals surface area (Å²) in [7, 11) is -9.70. The molecule has 0 unspecified atom stereocenters. The number of phosphoric acid groups is 1. The topological polar surface area (TPSA) is 178 Å². The van der Waals surface area contributed by atoms with Crippen molar-refractivity contribution in [1.82, 2.24) is 9.62 Å². The monoisotopic (exact) mass is 590 g/mol. The van der Waals surface area contributed by atoms with E-state index in [0.29, 0.717) is 18.7 Å². The van der Waals surface area contributed by atoms with Crippen LogP contribution in [-0.2, 0) is 35.0 Å². The van der Waals surface area contributed by atoms with Crippen molar-refractivity contribution in [2.75, 3.05) is 32.0 Å². The zero-order valence-electron chi connectivity index (χ0n) is 26.5. The molecule has 3 rings (SSSR count). The second-order valence-corrected chi connectivity index (χ2v) is 12.5. The Morgan fingerprint density at radius 3 is 2.46 bits per heavy atom. The number of nitrogens with one attached hydrogen (secondary N) is 1. The first-order valence-corrected chi connectivity index (χ1v) is 15.1. The molecule has 2 aromatic rings. The van der Waals surface area contributed by atoms with Gasteiger partial charge in [-0.3, -0.25) is 4.52 Å². The highest BCUT2D eigenvalue weighted by atomic mass is 32.2. The summed E-state index contributed by atoms with van der Waals surface area (Å²) < 4.78 is 96.7. The molecule has 0 aliphatic carbocycles. The lowest BCUT2D eigenvalue weighted by molar-refractivity contribution is 0.0601. The lowest BCUT2D eigenvalue weighted by Gasteiger charge is -2.33. The van der Waals surface area contributed by atoms with Gasteiger partial charge in [-0.1, -0.05) is 44.1 Å². The van der Waals surface area contributed by atoms with Crippen LogP contribution in [0.5, 0.6) is 0 Å². The Kier molecular flexibility index (Phi) is 8.54. The fraction of sp³-hybridized carbons (Fsp3) is 0.480. The van der Waals surface area contributed by atoms with Gasteiger partial charge in [0.1, 0.15) is 12.2 Å². The Morgan fingerprint density at radius 1 is 1.23 bits per heavy atom. The molecule has 0 bridgehead atoms. The minimum atomic E-state index is -5.37. The number of amides is 1. The fourth-order valence-electron chi connectivity index (χ4n) is 3.89. The number of rotatable bonds is 13. The average molecular weight is 591 g/mol. The average Bonchev–Trinajstić information content (AvgIpc) is 3.44. The summed E-state index contributed by atoms with van der Waals surface area (Å²) in [6.45, 7) is 3.01. The van der Waals surface area contributed by atoms with Gasteiger partial charge in [-0.15, -0.1) is 0 Å². The second-order valence-electron chi connectivity index (χ2n) is 9.37. The number of nitrogen functional groups attached to an aromatic ring is 1. The molecular formula is C25H36N3O9PS. The number of sulfonamides is 1. The van der Waals surface area contributed by atoms with Crippen LogP contribution in [-0.4, -0.2) is 73.2 Å². The summed E-state index contributed by atoms with van der Waals surface area (Å²) >= 11 is 0. The standard InChI is InChI=1S/C25H36N3O9PS/c1-18(2)15-28(39(33,34)22-10-8-20(26)9-11-22)16-24(37-38(30,31)32)23(14-19-6-4-3-5-7-19)27-25(29)36-21-12-13-35-17-21/h3-11,18,21,23-24H,12-17,26H2,1-2H3,(H,27,29)(H2,30,31,32)/t21-,23-,24+/m0/s1/i3D,4D,5D,6D,7D. The van der Waals surface area contributed by atoms with Gasteiger partial charge in [-0.25, -0.2) is 17.8 Å². The van der Waals surface area contributed by atoms with Crippen molar-refractivity contribution in [1.29, 1.82) is 0 Å². The quantitative estimate of drug-likeness (QED) is 0.200. The number of alkyl carbamates (subject to hydrolysis) is 1. The summed E-state index contributed by atoms with van der Waals surface area (Å²) in [6, 6.07) is 0.446. The first kappa shape index (κ1) is 24.3. The summed E-state index contributed by atoms with van der Waals surface area (Å²) in [6.07, 6.45) is -3.74. The van der Waals surface area contributed by atoms with Gasteiger partial charge < -0.3 is 30.3 Å². The molecule has 216 valence electrons. The molecule has 3 atom stereocenters. The van der Waals surface area contributed by atoms with Gasteiger partial charge in [0.2, 0.25) is 10.0 Å². The number of ether oxygens (including phenoxy) is 2. The molecule has 0 saturated carbocycles. The van der Waals surface area contributed by atoms with Crippen molar-refractivity contribution in [3.8, 4) is 0 Å². The molecule has 1 saturated heterocycles. The van der Waals surface area contributed by atoms with Gasteiger partial charge in [0.05, 0.1) is 31.0 Å². The van der Waals surface area contributed by atoms with Crippen LogP contribution in [0.15, 0.2) is 59.4 Å². The number of nitrogens with zero attached hydrogens (tertiary/aromatic N) is 1. The van der Waals surface area contributed by atoms with E-state index >= 15 is 0 Å². The predicted molar refractivity (Wildman–Crippen MR) is 144 cm³/mol. The summed E-state index contributed by atoms with van der Waals surface area (Å²) in [5.41, 5.74) is 5.70. The maximum absolute atomic E-state index is 13.7. The summed E-state index contributed by atoms with van der Waals surface area (Å²) in [5, 5.41) is 2.42. The van der Waals surface area contributed by atoms with Crippen molar-refractivity contribution in [3.63, 3.8) is 0 Å². The number of hydrogen-bond donors (Lipinski definition) is 4. The number of anilines is 1. The minimum Gasteiger partial charge on any atom is -0.444 e. The predicted octanol–water partition coefficient (Wildman–Crippen LogP) is 2.52. The van der Waals surface area contributed by atoms with E-state index in [1.165, 1.54) is 24.3 Å². The molecule has 1 amide bonds. The van der Waals surface area contributed by atoms with E-state index in [1.54, 1.807) is 13.8 Å². The first-order chi connectivity index (χ1) is 20.4. The molecule has 0 aromatic heterocycles. The van der Waals surface area contributed by atoms with Crippen molar-refractivity contribution >= 4 is 29.6 Å². The van der Waals surface area contributed by atoms with Gasteiger partial charge in [0, 0.05) is 25.2 Å². The van der Waals surface area contributed by atoms with E-state index in [9.17, 15) is 27.6 Å². The van der Waals surface area contributed by atoms with Crippen LogP contribution >= 0.6 is 7.82 Å². The van der Waals surface area contributed by atoms with Crippen LogP contribution in [0.3, 0.4) is 0 Å². The third-order valence-electron chi connectivity index (χ3n) is 5.63. The molecule has 1 fully saturated rings. The second kappa shape index (κ2) is 13.7. The van der Waals surface area contributed by atoms with Gasteiger partial charge >= 0.3 is 13.9 Å². The number of carbonyl (C=O) groups excluding carboxylic acids is 1. The zero-order chi connectivity index (χ0) is 33.0. The molecule has 14 heteroatoms. The number of phosphoric ester groups is 1. The van der Waals surface area contributed by atoms with Crippen LogP contribution in [0.1, 0.15) is 32.7 Å². The molecule has 0 radical (unpaired) electrons. The van der Waals surface area contributed by atoms with Gasteiger partial charge in [-0.05, 0) is 42.2 Å². The minimum absolute atomic E-state index is 0.103. The van der Waals surface area contributed by atoms with E-state index in [1.807, 2.05) is 0 Å². The van der Waals surface area contributed by atoms with Gasteiger partial charge in [0.15, 0.2) is 0 Å². The van der Waals surface area contributed by atoms with Crippen molar-refractivity contribution in [3.05, 3.63) is 60.0 Å². The maximum atomic E-state index is 13.7. The molecule has 1 aliphatic rings. The van der Waals surface area contributed by atoms with E-state index in [4.69, 9.17) is 26.6 Å². The molecule has 0 spiro atoms. The van der Waals surface area contributed by atoms with E-state index in [-0.39, 0.29) is 29.5 Å². The Bertz CT molecular complexity index is 1460. The Balaban J connectivity index is 2.11. The molecule has 2 aromatic carbocycles. The van der Waals surface area contributed by atoms with Crippen molar-refractivity contribution in [2.24, 2.45) is 5.92 Å². The van der Waals surface area contributed by atoms with Crippen LogP contribution in [0.2, 0.25) is 0 Å². The van der Waals surface area contributed by atoms with Gasteiger partial charge in [0.25, 0.3) is 0 Å². The lowest BCUT2D eigenvalue weighted by atomic mass is 10.0. The van der Waals surface area contributed by atoms with E-state index in [2.05, 4.69) is 5.32 Å². The highest BCUT2D eigenvalue weighted by molar-refractivity contribution is 7.89. The van der Waals surface area contributed by atoms with Crippen LogP contribution in [0.25, 0.3) is 0 Å².